The van der Waals surface area contributed by atoms with Gasteiger partial charge in [-0.3, -0.25) is 4.79 Å². The Labute approximate surface area is 112 Å². The third-order valence-electron chi connectivity index (χ3n) is 2.72. The van der Waals surface area contributed by atoms with Crippen molar-refractivity contribution in [2.45, 2.75) is 65.2 Å². The highest BCUT2D eigenvalue weighted by molar-refractivity contribution is 5.69. The number of hydrogen-bond donors (Lipinski definition) is 0. The molecule has 0 N–H and O–H groups in total. The van der Waals surface area contributed by atoms with Gasteiger partial charge in [0.15, 0.2) is 18.8 Å². The average molecular weight is 256 g/mol. The summed E-state index contributed by atoms with van der Waals surface area (Å²) in [5.41, 5.74) is 0. The molecule has 0 aromatic heterocycles. The zero-order chi connectivity index (χ0) is 13.5. The Bertz CT molecular complexity index is 212. The third kappa shape index (κ3) is 11.6. The number of hydrogen-bond acceptors (Lipinski definition) is 3. The Kier molecular flexibility index (Phi) is 13.6. The molecule has 0 saturated carbocycles. The first-order chi connectivity index (χ1) is 8.85. The predicted molar refractivity (Wildman–Crippen MR) is 74.3 cm³/mol. The van der Waals surface area contributed by atoms with Gasteiger partial charge in [0.25, 0.3) is 0 Å². The molecule has 0 fully saturated rings. The number of unbranched alkanes of at least 4 members (excludes halogenated alkanes) is 6. The summed E-state index contributed by atoms with van der Waals surface area (Å²) in [7, 11) is 0. The molecule has 18 heavy (non-hydrogen) atoms. The Morgan fingerprint density at radius 3 is 2.28 bits per heavy atom. The molecule has 106 valence electrons. The lowest BCUT2D eigenvalue weighted by Crippen LogP contribution is -2.02. The predicted octanol–water partition coefficient (Wildman–Crippen LogP) is 4.22. The van der Waals surface area contributed by atoms with Gasteiger partial charge < -0.3 is 9.47 Å². The molecule has 0 spiro atoms. The van der Waals surface area contributed by atoms with E-state index in [2.05, 4.69) is 6.92 Å². The Morgan fingerprint density at radius 2 is 1.67 bits per heavy atom. The van der Waals surface area contributed by atoms with Crippen LogP contribution in [0.1, 0.15) is 65.2 Å². The van der Waals surface area contributed by atoms with E-state index in [1.807, 2.05) is 6.92 Å². The zero-order valence-electron chi connectivity index (χ0n) is 12.0. The van der Waals surface area contributed by atoms with Gasteiger partial charge in [-0.05, 0) is 18.9 Å². The highest BCUT2D eigenvalue weighted by atomic mass is 16.7. The van der Waals surface area contributed by atoms with Gasteiger partial charge in [-0.1, -0.05) is 52.4 Å². The van der Waals surface area contributed by atoms with Crippen molar-refractivity contribution in [3.8, 4) is 0 Å². The van der Waals surface area contributed by atoms with Crippen LogP contribution in [0, 0.1) is 0 Å². The van der Waals surface area contributed by atoms with E-state index < -0.39 is 0 Å². The maximum absolute atomic E-state index is 10.5. The van der Waals surface area contributed by atoms with Crippen molar-refractivity contribution in [2.75, 3.05) is 13.4 Å². The lowest BCUT2D eigenvalue weighted by Gasteiger charge is -2.06. The largest absolute Gasteiger partial charge is 0.464 e. The fourth-order valence-electron chi connectivity index (χ4n) is 1.67. The van der Waals surface area contributed by atoms with Crippen molar-refractivity contribution in [3.63, 3.8) is 0 Å². The van der Waals surface area contributed by atoms with Crippen LogP contribution in [-0.2, 0) is 14.3 Å². The minimum absolute atomic E-state index is 0.181. The molecule has 0 aliphatic carbocycles. The smallest absolute Gasteiger partial charge is 0.189 e. The molecule has 0 rings (SSSR count). The van der Waals surface area contributed by atoms with E-state index in [9.17, 15) is 4.79 Å². The molecule has 0 heterocycles. The van der Waals surface area contributed by atoms with Crippen LogP contribution in [0.4, 0.5) is 0 Å². The second-order valence-electron chi connectivity index (χ2n) is 4.42. The minimum atomic E-state index is 0.181. The standard InChI is InChI=1S/C15H28O3/c1-3-5-6-7-8-9-10-12-17-14-18-15(13-16)11-4-2/h11,13H,3-10,12,14H2,1-2H3. The van der Waals surface area contributed by atoms with Crippen molar-refractivity contribution < 1.29 is 14.3 Å². The van der Waals surface area contributed by atoms with Crippen LogP contribution in [0.15, 0.2) is 11.8 Å². The summed E-state index contributed by atoms with van der Waals surface area (Å²) < 4.78 is 10.5. The topological polar surface area (TPSA) is 35.5 Å². The molecule has 0 bridgehead atoms. The number of aldehydes is 1. The molecular formula is C15H28O3. The number of carbonyl (C=O) groups is 1. The summed E-state index contributed by atoms with van der Waals surface area (Å²) in [6.45, 7) is 5.09. The number of carbonyl (C=O) groups excluding carboxylic acids is 1. The van der Waals surface area contributed by atoms with Gasteiger partial charge >= 0.3 is 0 Å². The van der Waals surface area contributed by atoms with Crippen molar-refractivity contribution in [3.05, 3.63) is 11.8 Å². The van der Waals surface area contributed by atoms with Gasteiger partial charge in [0.1, 0.15) is 0 Å². The Hall–Kier alpha value is -0.830. The summed E-state index contributed by atoms with van der Waals surface area (Å²) in [6, 6.07) is 0. The quantitative estimate of drug-likeness (QED) is 0.163. The molecule has 3 heteroatoms. The van der Waals surface area contributed by atoms with Crippen molar-refractivity contribution in [1.29, 1.82) is 0 Å². The van der Waals surface area contributed by atoms with Gasteiger partial charge in [-0.2, -0.15) is 0 Å². The second kappa shape index (κ2) is 14.2. The monoisotopic (exact) mass is 256 g/mol. The molecule has 0 unspecified atom stereocenters. The fraction of sp³-hybridized carbons (Fsp3) is 0.800. The SMILES string of the molecule is CCC=C(C=O)OCOCCCCCCCCC. The lowest BCUT2D eigenvalue weighted by molar-refractivity contribution is -0.111. The molecule has 0 radical (unpaired) electrons. The normalized spacial score (nSPS) is 11.6. The summed E-state index contributed by atoms with van der Waals surface area (Å²) in [5.74, 6) is 0.372. The molecule has 0 aliphatic heterocycles. The van der Waals surface area contributed by atoms with Crippen molar-refractivity contribution in [1.82, 2.24) is 0 Å². The maximum Gasteiger partial charge on any atom is 0.189 e. The number of rotatable bonds is 13. The summed E-state index contributed by atoms with van der Waals surface area (Å²) in [5, 5.41) is 0. The molecule has 0 aromatic rings. The third-order valence-corrected chi connectivity index (χ3v) is 2.72. The first kappa shape index (κ1) is 17.2. The van der Waals surface area contributed by atoms with Crippen LogP contribution < -0.4 is 0 Å². The van der Waals surface area contributed by atoms with Gasteiger partial charge in [0, 0.05) is 0 Å². The van der Waals surface area contributed by atoms with Gasteiger partial charge in [-0.25, -0.2) is 0 Å². The minimum Gasteiger partial charge on any atom is -0.464 e. The molecule has 0 aromatic carbocycles. The number of ether oxygens (including phenoxy) is 2. The van der Waals surface area contributed by atoms with E-state index in [0.717, 1.165) is 19.1 Å². The van der Waals surface area contributed by atoms with E-state index >= 15 is 0 Å². The van der Waals surface area contributed by atoms with Crippen LogP contribution in [0.2, 0.25) is 0 Å². The van der Waals surface area contributed by atoms with E-state index in [-0.39, 0.29) is 6.79 Å². The molecular weight excluding hydrogens is 228 g/mol. The van der Waals surface area contributed by atoms with Crippen LogP contribution in [0.5, 0.6) is 0 Å². The lowest BCUT2D eigenvalue weighted by atomic mass is 10.1. The van der Waals surface area contributed by atoms with Crippen LogP contribution in [-0.4, -0.2) is 19.7 Å². The van der Waals surface area contributed by atoms with Crippen LogP contribution in [0.25, 0.3) is 0 Å². The molecule has 0 amide bonds. The van der Waals surface area contributed by atoms with E-state index in [0.29, 0.717) is 12.4 Å². The second-order valence-corrected chi connectivity index (χ2v) is 4.42. The van der Waals surface area contributed by atoms with E-state index in [1.165, 1.54) is 38.5 Å². The first-order valence-electron chi connectivity index (χ1n) is 7.21. The summed E-state index contributed by atoms with van der Waals surface area (Å²) in [6.07, 6.45) is 12.2. The molecule has 0 atom stereocenters. The van der Waals surface area contributed by atoms with Gasteiger partial charge in [0.2, 0.25) is 0 Å². The van der Waals surface area contributed by atoms with E-state index in [4.69, 9.17) is 9.47 Å². The van der Waals surface area contributed by atoms with Crippen molar-refractivity contribution >= 4 is 6.29 Å². The first-order valence-corrected chi connectivity index (χ1v) is 7.21. The Morgan fingerprint density at radius 1 is 1.00 bits per heavy atom. The summed E-state index contributed by atoms with van der Waals surface area (Å²) in [4.78, 5) is 10.5. The average Bonchev–Trinajstić information content (AvgIpc) is 2.39. The molecule has 3 nitrogen and oxygen atoms in total. The molecule has 0 saturated heterocycles. The van der Waals surface area contributed by atoms with Gasteiger partial charge in [0.05, 0.1) is 6.61 Å². The summed E-state index contributed by atoms with van der Waals surface area (Å²) >= 11 is 0. The zero-order valence-corrected chi connectivity index (χ0v) is 12.0. The highest BCUT2D eigenvalue weighted by Crippen LogP contribution is 2.06. The maximum atomic E-state index is 10.5. The van der Waals surface area contributed by atoms with Crippen LogP contribution in [0.3, 0.4) is 0 Å². The van der Waals surface area contributed by atoms with Crippen LogP contribution >= 0.6 is 0 Å². The highest BCUT2D eigenvalue weighted by Gasteiger charge is 1.95. The fourth-order valence-corrected chi connectivity index (χ4v) is 1.67. The molecule has 0 aliphatic rings. The van der Waals surface area contributed by atoms with E-state index in [1.54, 1.807) is 6.08 Å². The Balaban J connectivity index is 3.20. The van der Waals surface area contributed by atoms with Crippen molar-refractivity contribution in [2.24, 2.45) is 0 Å². The van der Waals surface area contributed by atoms with Gasteiger partial charge in [-0.15, -0.1) is 0 Å². The number of allylic oxidation sites excluding steroid dienone is 2.